The lowest BCUT2D eigenvalue weighted by Crippen LogP contribution is -2.43. The molecule has 0 saturated carbocycles. The predicted molar refractivity (Wildman–Crippen MR) is 81.3 cm³/mol. The van der Waals surface area contributed by atoms with Gasteiger partial charge in [-0.2, -0.15) is 0 Å². The first kappa shape index (κ1) is 12.7. The fourth-order valence-electron chi connectivity index (χ4n) is 4.43. The summed E-state index contributed by atoms with van der Waals surface area (Å²) < 4.78 is 6.32. The van der Waals surface area contributed by atoms with E-state index in [4.69, 9.17) is 4.74 Å². The molecule has 0 N–H and O–H groups in total. The Kier molecular flexibility index (Phi) is 3.22. The summed E-state index contributed by atoms with van der Waals surface area (Å²) in [6, 6.07) is 8.33. The summed E-state index contributed by atoms with van der Waals surface area (Å²) in [5.41, 5.74) is 3.08. The van der Waals surface area contributed by atoms with Gasteiger partial charge >= 0.3 is 0 Å². The minimum atomic E-state index is 0.436. The van der Waals surface area contributed by atoms with E-state index in [-0.39, 0.29) is 0 Å². The van der Waals surface area contributed by atoms with Gasteiger partial charge < -0.3 is 9.64 Å². The van der Waals surface area contributed by atoms with Crippen molar-refractivity contribution in [2.24, 2.45) is 0 Å². The van der Waals surface area contributed by atoms with E-state index < -0.39 is 0 Å². The van der Waals surface area contributed by atoms with Crippen molar-refractivity contribution in [2.75, 3.05) is 7.05 Å². The van der Waals surface area contributed by atoms with Crippen LogP contribution in [0.15, 0.2) is 18.2 Å². The van der Waals surface area contributed by atoms with Crippen LogP contribution in [-0.2, 0) is 12.8 Å². The zero-order chi connectivity index (χ0) is 13.5. The van der Waals surface area contributed by atoms with E-state index in [9.17, 15) is 0 Å². The number of aryl methyl sites for hydroxylation is 2. The fourth-order valence-corrected chi connectivity index (χ4v) is 4.43. The molecule has 2 bridgehead atoms. The second kappa shape index (κ2) is 5.07. The number of hydrogen-bond donors (Lipinski definition) is 0. The average molecular weight is 271 g/mol. The molecule has 1 aromatic rings. The van der Waals surface area contributed by atoms with Gasteiger partial charge in [-0.05, 0) is 81.7 Å². The van der Waals surface area contributed by atoms with E-state index in [0.717, 1.165) is 17.8 Å². The molecule has 108 valence electrons. The molecule has 0 amide bonds. The van der Waals surface area contributed by atoms with Crippen molar-refractivity contribution < 1.29 is 4.74 Å². The van der Waals surface area contributed by atoms with E-state index in [1.807, 2.05) is 0 Å². The van der Waals surface area contributed by atoms with Crippen molar-refractivity contribution in [3.05, 3.63) is 29.3 Å². The topological polar surface area (TPSA) is 12.5 Å². The zero-order valence-corrected chi connectivity index (χ0v) is 12.5. The summed E-state index contributed by atoms with van der Waals surface area (Å²) in [7, 11) is 2.29. The minimum absolute atomic E-state index is 0.436. The highest BCUT2D eigenvalue weighted by atomic mass is 16.5. The van der Waals surface area contributed by atoms with Gasteiger partial charge in [-0.25, -0.2) is 0 Å². The van der Waals surface area contributed by atoms with Gasteiger partial charge in [0.2, 0.25) is 0 Å². The normalized spacial score (nSPS) is 33.0. The van der Waals surface area contributed by atoms with Crippen LogP contribution in [-0.4, -0.2) is 30.1 Å². The number of benzene rings is 1. The van der Waals surface area contributed by atoms with Crippen LogP contribution in [0, 0.1) is 0 Å². The minimum Gasteiger partial charge on any atom is -0.490 e. The highest BCUT2D eigenvalue weighted by Gasteiger charge is 2.39. The van der Waals surface area contributed by atoms with Crippen molar-refractivity contribution in [3.8, 4) is 5.75 Å². The smallest absolute Gasteiger partial charge is 0.120 e. The molecule has 0 unspecified atom stereocenters. The van der Waals surface area contributed by atoms with Gasteiger partial charge in [0, 0.05) is 12.1 Å². The zero-order valence-electron chi connectivity index (χ0n) is 12.5. The number of piperidine rings is 1. The largest absolute Gasteiger partial charge is 0.490 e. The monoisotopic (exact) mass is 271 g/mol. The van der Waals surface area contributed by atoms with Crippen LogP contribution in [0.3, 0.4) is 0 Å². The van der Waals surface area contributed by atoms with E-state index in [1.54, 1.807) is 5.56 Å². The maximum absolute atomic E-state index is 6.32. The third-order valence-corrected chi connectivity index (χ3v) is 5.68. The van der Waals surface area contributed by atoms with Crippen LogP contribution < -0.4 is 4.74 Å². The van der Waals surface area contributed by atoms with Gasteiger partial charge in [-0.1, -0.05) is 6.07 Å². The third kappa shape index (κ3) is 2.24. The molecule has 2 nitrogen and oxygen atoms in total. The lowest BCUT2D eigenvalue weighted by atomic mass is 9.91. The Morgan fingerprint density at radius 3 is 2.45 bits per heavy atom. The van der Waals surface area contributed by atoms with Gasteiger partial charge in [0.05, 0.1) is 0 Å². The quantitative estimate of drug-likeness (QED) is 0.815. The Labute approximate surface area is 122 Å². The molecule has 2 heterocycles. The Morgan fingerprint density at radius 2 is 1.70 bits per heavy atom. The molecule has 4 rings (SSSR count). The summed E-state index contributed by atoms with van der Waals surface area (Å²) in [5, 5.41) is 0. The van der Waals surface area contributed by atoms with Crippen molar-refractivity contribution in [1.82, 2.24) is 4.90 Å². The van der Waals surface area contributed by atoms with E-state index in [0.29, 0.717) is 6.10 Å². The first-order valence-electron chi connectivity index (χ1n) is 8.30. The maximum atomic E-state index is 6.32. The Morgan fingerprint density at radius 1 is 1.00 bits per heavy atom. The molecule has 0 spiro atoms. The molecular weight excluding hydrogens is 246 g/mol. The van der Waals surface area contributed by atoms with Crippen LogP contribution in [0.2, 0.25) is 0 Å². The summed E-state index contributed by atoms with van der Waals surface area (Å²) in [6.45, 7) is 0. The standard InChI is InChI=1S/C18H25NO/c1-19-15-7-8-16(19)12-18(11-15)20-17-9-6-13-4-2-3-5-14(13)10-17/h6,9-10,15-16,18H,2-5,7-8,11-12H2,1H3/t15-,16+,18-. The van der Waals surface area contributed by atoms with Crippen LogP contribution in [0.5, 0.6) is 5.75 Å². The summed E-state index contributed by atoms with van der Waals surface area (Å²) in [6.07, 6.45) is 10.8. The molecule has 2 heteroatoms. The number of ether oxygens (including phenoxy) is 1. The fraction of sp³-hybridized carbons (Fsp3) is 0.667. The first-order chi connectivity index (χ1) is 9.79. The van der Waals surface area contributed by atoms with E-state index >= 15 is 0 Å². The second-order valence-corrected chi connectivity index (χ2v) is 6.90. The third-order valence-electron chi connectivity index (χ3n) is 5.68. The van der Waals surface area contributed by atoms with Gasteiger partial charge in [0.25, 0.3) is 0 Å². The van der Waals surface area contributed by atoms with E-state index in [1.165, 1.54) is 56.9 Å². The summed E-state index contributed by atoms with van der Waals surface area (Å²) in [4.78, 5) is 2.58. The molecule has 0 radical (unpaired) electrons. The van der Waals surface area contributed by atoms with Crippen molar-refractivity contribution in [1.29, 1.82) is 0 Å². The molecule has 2 aliphatic heterocycles. The number of hydrogen-bond acceptors (Lipinski definition) is 2. The molecule has 1 aliphatic carbocycles. The van der Waals surface area contributed by atoms with Gasteiger partial charge in [-0.15, -0.1) is 0 Å². The SMILES string of the molecule is CN1[C@@H]2CC[C@H]1C[C@H](Oc1ccc3c(c1)CCCC3)C2. The van der Waals surface area contributed by atoms with Crippen LogP contribution in [0.1, 0.15) is 49.7 Å². The van der Waals surface area contributed by atoms with Gasteiger partial charge in [0.15, 0.2) is 0 Å². The summed E-state index contributed by atoms with van der Waals surface area (Å²) >= 11 is 0. The van der Waals surface area contributed by atoms with Gasteiger partial charge in [0.1, 0.15) is 11.9 Å². The second-order valence-electron chi connectivity index (χ2n) is 6.90. The highest BCUT2D eigenvalue weighted by Crippen LogP contribution is 2.36. The molecule has 0 aromatic heterocycles. The number of rotatable bonds is 2. The van der Waals surface area contributed by atoms with Crippen molar-refractivity contribution in [2.45, 2.75) is 69.6 Å². The Hall–Kier alpha value is -1.02. The molecule has 3 atom stereocenters. The number of fused-ring (bicyclic) bond motifs is 3. The van der Waals surface area contributed by atoms with Crippen LogP contribution in [0.25, 0.3) is 0 Å². The van der Waals surface area contributed by atoms with Crippen LogP contribution >= 0.6 is 0 Å². The Balaban J connectivity index is 1.47. The lowest BCUT2D eigenvalue weighted by Gasteiger charge is -2.36. The Bertz CT molecular complexity index is 484. The van der Waals surface area contributed by atoms with Gasteiger partial charge in [-0.3, -0.25) is 0 Å². The first-order valence-corrected chi connectivity index (χ1v) is 8.30. The molecule has 1 aromatic carbocycles. The highest BCUT2D eigenvalue weighted by molar-refractivity contribution is 5.37. The predicted octanol–water partition coefficient (Wildman–Crippen LogP) is 3.57. The molecule has 2 saturated heterocycles. The molecule has 3 aliphatic rings. The molecule has 2 fully saturated rings. The molecule has 20 heavy (non-hydrogen) atoms. The van der Waals surface area contributed by atoms with Crippen LogP contribution in [0.4, 0.5) is 0 Å². The van der Waals surface area contributed by atoms with Crippen molar-refractivity contribution in [3.63, 3.8) is 0 Å². The van der Waals surface area contributed by atoms with E-state index in [2.05, 4.69) is 30.1 Å². The van der Waals surface area contributed by atoms with Crippen molar-refractivity contribution >= 4 is 0 Å². The molecular formula is C18H25NO. The lowest BCUT2D eigenvalue weighted by molar-refractivity contribution is 0.0661. The number of nitrogens with zero attached hydrogens (tertiary/aromatic N) is 1. The average Bonchev–Trinajstić information content (AvgIpc) is 2.70. The summed E-state index contributed by atoms with van der Waals surface area (Å²) in [5.74, 6) is 1.11. The maximum Gasteiger partial charge on any atom is 0.120 e.